The highest BCUT2D eigenvalue weighted by Gasteiger charge is 2.32. The van der Waals surface area contributed by atoms with Gasteiger partial charge in [-0.1, -0.05) is 30.3 Å². The van der Waals surface area contributed by atoms with E-state index in [1.54, 1.807) is 24.0 Å². The van der Waals surface area contributed by atoms with Gasteiger partial charge < -0.3 is 19.9 Å². The molecule has 2 aromatic rings. The molecule has 0 spiro atoms. The molecule has 3 amide bonds. The number of rotatable bonds is 5. The molecule has 3 rings (SSSR count). The van der Waals surface area contributed by atoms with Gasteiger partial charge in [0.2, 0.25) is 5.91 Å². The molecule has 1 atom stereocenters. The summed E-state index contributed by atoms with van der Waals surface area (Å²) in [5.74, 6) is 0.749. The third kappa shape index (κ3) is 4.14. The van der Waals surface area contributed by atoms with Gasteiger partial charge in [-0.05, 0) is 29.8 Å². The van der Waals surface area contributed by atoms with Gasteiger partial charge in [0.05, 0.1) is 13.2 Å². The number of urea groups is 1. The molecule has 0 radical (unpaired) electrons. The van der Waals surface area contributed by atoms with Gasteiger partial charge >= 0.3 is 6.03 Å². The predicted molar refractivity (Wildman–Crippen MR) is 100 cm³/mol. The molecule has 0 unspecified atom stereocenters. The molecule has 2 aromatic carbocycles. The van der Waals surface area contributed by atoms with Crippen LogP contribution in [0.2, 0.25) is 0 Å². The van der Waals surface area contributed by atoms with Crippen LogP contribution in [0.25, 0.3) is 0 Å². The van der Waals surface area contributed by atoms with E-state index in [4.69, 9.17) is 4.74 Å². The quantitative estimate of drug-likeness (QED) is 0.899. The standard InChI is InChI=1S/C20H23N3O3/c1-22(13-15-6-4-3-5-7-15)20(25)21-16-12-19(24)23(14-16)17-8-10-18(26-2)11-9-17/h3-11,16H,12-14H2,1-2H3,(H,21,25)/t16-/m1/s1. The van der Waals surface area contributed by atoms with Crippen LogP contribution >= 0.6 is 0 Å². The number of carbonyl (C=O) groups is 2. The van der Waals surface area contributed by atoms with E-state index >= 15 is 0 Å². The van der Waals surface area contributed by atoms with E-state index < -0.39 is 0 Å². The van der Waals surface area contributed by atoms with Crippen molar-refractivity contribution in [2.24, 2.45) is 0 Å². The first-order valence-electron chi connectivity index (χ1n) is 8.57. The van der Waals surface area contributed by atoms with Crippen molar-refractivity contribution in [1.29, 1.82) is 0 Å². The number of ether oxygens (including phenoxy) is 1. The molecule has 1 N–H and O–H groups in total. The molecular weight excluding hydrogens is 330 g/mol. The van der Waals surface area contributed by atoms with Gasteiger partial charge in [0.1, 0.15) is 5.75 Å². The summed E-state index contributed by atoms with van der Waals surface area (Å²) in [6, 6.07) is 16.8. The maximum Gasteiger partial charge on any atom is 0.317 e. The third-order valence-electron chi connectivity index (χ3n) is 4.45. The molecule has 136 valence electrons. The van der Waals surface area contributed by atoms with E-state index in [2.05, 4.69) is 5.32 Å². The van der Waals surface area contributed by atoms with E-state index in [9.17, 15) is 9.59 Å². The number of benzene rings is 2. The molecule has 0 aromatic heterocycles. The third-order valence-corrected chi connectivity index (χ3v) is 4.45. The predicted octanol–water partition coefficient (Wildman–Crippen LogP) is 2.64. The van der Waals surface area contributed by atoms with Crippen LogP contribution < -0.4 is 15.0 Å². The summed E-state index contributed by atoms with van der Waals surface area (Å²) in [5.41, 5.74) is 1.87. The maximum atomic E-state index is 12.4. The van der Waals surface area contributed by atoms with Crippen LogP contribution in [0.4, 0.5) is 10.5 Å². The highest BCUT2D eigenvalue weighted by molar-refractivity contribution is 5.96. The summed E-state index contributed by atoms with van der Waals surface area (Å²) in [6.07, 6.45) is 0.303. The number of anilines is 1. The number of hydrogen-bond acceptors (Lipinski definition) is 3. The molecule has 6 nitrogen and oxygen atoms in total. The fourth-order valence-corrected chi connectivity index (χ4v) is 3.03. The zero-order chi connectivity index (χ0) is 18.5. The molecule has 26 heavy (non-hydrogen) atoms. The number of amides is 3. The Morgan fingerprint density at radius 3 is 2.54 bits per heavy atom. The minimum atomic E-state index is -0.199. The van der Waals surface area contributed by atoms with Crippen LogP contribution in [0.15, 0.2) is 54.6 Å². The first-order chi connectivity index (χ1) is 12.6. The zero-order valence-electron chi connectivity index (χ0n) is 15.0. The SMILES string of the molecule is COc1ccc(N2C[C@H](NC(=O)N(C)Cc3ccccc3)CC2=O)cc1. The van der Waals surface area contributed by atoms with Crippen LogP contribution in [0, 0.1) is 0 Å². The molecule has 0 bridgehead atoms. The summed E-state index contributed by atoms with van der Waals surface area (Å²) in [6.45, 7) is 0.992. The zero-order valence-corrected chi connectivity index (χ0v) is 15.0. The number of methoxy groups -OCH3 is 1. The summed E-state index contributed by atoms with van der Waals surface area (Å²) < 4.78 is 5.14. The van der Waals surface area contributed by atoms with E-state index in [1.165, 1.54) is 0 Å². The van der Waals surface area contributed by atoms with Gasteiger partial charge in [-0.15, -0.1) is 0 Å². The molecule has 1 saturated heterocycles. The Labute approximate surface area is 153 Å². The summed E-state index contributed by atoms with van der Waals surface area (Å²) in [7, 11) is 3.36. The van der Waals surface area contributed by atoms with Gasteiger partial charge in [-0.3, -0.25) is 4.79 Å². The lowest BCUT2D eigenvalue weighted by Crippen LogP contribution is -2.43. The Balaban J connectivity index is 1.57. The summed E-state index contributed by atoms with van der Waals surface area (Å²) in [5, 5.41) is 2.95. The Morgan fingerprint density at radius 2 is 1.88 bits per heavy atom. The van der Waals surface area contributed by atoms with E-state index in [-0.39, 0.29) is 18.0 Å². The van der Waals surface area contributed by atoms with Crippen LogP contribution in [0.3, 0.4) is 0 Å². The molecule has 0 aliphatic carbocycles. The first-order valence-corrected chi connectivity index (χ1v) is 8.57. The van der Waals surface area contributed by atoms with E-state index in [0.29, 0.717) is 19.5 Å². The van der Waals surface area contributed by atoms with Crippen LogP contribution in [0.5, 0.6) is 5.75 Å². The fraction of sp³-hybridized carbons (Fsp3) is 0.300. The van der Waals surface area contributed by atoms with Crippen molar-refractivity contribution >= 4 is 17.6 Å². The lowest BCUT2D eigenvalue weighted by atomic mass is 10.2. The second-order valence-electron chi connectivity index (χ2n) is 6.39. The Bertz CT molecular complexity index is 762. The van der Waals surface area contributed by atoms with Crippen LogP contribution in [0.1, 0.15) is 12.0 Å². The number of carbonyl (C=O) groups excluding carboxylic acids is 2. The maximum absolute atomic E-state index is 12.4. The highest BCUT2D eigenvalue weighted by Crippen LogP contribution is 2.24. The van der Waals surface area contributed by atoms with Gasteiger partial charge in [0, 0.05) is 32.2 Å². The minimum absolute atomic E-state index is 0.00572. The summed E-state index contributed by atoms with van der Waals surface area (Å²) >= 11 is 0. The second-order valence-corrected chi connectivity index (χ2v) is 6.39. The average Bonchev–Trinajstić information content (AvgIpc) is 3.02. The van der Waals surface area contributed by atoms with Crippen molar-refractivity contribution in [3.63, 3.8) is 0 Å². The molecule has 0 saturated carbocycles. The van der Waals surface area contributed by atoms with Crippen molar-refractivity contribution in [3.05, 3.63) is 60.2 Å². The van der Waals surface area contributed by atoms with Gasteiger partial charge in [0.15, 0.2) is 0 Å². The number of nitrogens with zero attached hydrogens (tertiary/aromatic N) is 2. The minimum Gasteiger partial charge on any atom is -0.497 e. The topological polar surface area (TPSA) is 61.9 Å². The lowest BCUT2D eigenvalue weighted by Gasteiger charge is -2.21. The van der Waals surface area contributed by atoms with E-state index in [1.807, 2.05) is 54.6 Å². The van der Waals surface area contributed by atoms with Crippen molar-refractivity contribution in [2.45, 2.75) is 19.0 Å². The van der Waals surface area contributed by atoms with Gasteiger partial charge in [0.25, 0.3) is 0 Å². The van der Waals surface area contributed by atoms with Gasteiger partial charge in [-0.2, -0.15) is 0 Å². The Hall–Kier alpha value is -3.02. The second kappa shape index (κ2) is 7.91. The van der Waals surface area contributed by atoms with Crippen molar-refractivity contribution in [3.8, 4) is 5.75 Å². The smallest absolute Gasteiger partial charge is 0.317 e. The van der Waals surface area contributed by atoms with Crippen molar-refractivity contribution in [1.82, 2.24) is 10.2 Å². The first kappa shape index (κ1) is 17.8. The average molecular weight is 353 g/mol. The monoisotopic (exact) mass is 353 g/mol. The number of hydrogen-bond donors (Lipinski definition) is 1. The molecule has 6 heteroatoms. The Morgan fingerprint density at radius 1 is 1.19 bits per heavy atom. The van der Waals surface area contributed by atoms with Crippen molar-refractivity contribution in [2.75, 3.05) is 25.6 Å². The van der Waals surface area contributed by atoms with E-state index in [0.717, 1.165) is 17.0 Å². The molecule has 1 heterocycles. The molecule has 1 aliphatic heterocycles. The fourth-order valence-electron chi connectivity index (χ4n) is 3.03. The normalized spacial score (nSPS) is 16.5. The van der Waals surface area contributed by atoms with Crippen molar-refractivity contribution < 1.29 is 14.3 Å². The lowest BCUT2D eigenvalue weighted by molar-refractivity contribution is -0.117. The van der Waals surface area contributed by atoms with Crippen LogP contribution in [-0.4, -0.2) is 43.6 Å². The Kier molecular flexibility index (Phi) is 5.41. The summed E-state index contributed by atoms with van der Waals surface area (Å²) in [4.78, 5) is 28.0. The largest absolute Gasteiger partial charge is 0.497 e. The van der Waals surface area contributed by atoms with Gasteiger partial charge in [-0.25, -0.2) is 4.79 Å². The highest BCUT2D eigenvalue weighted by atomic mass is 16.5. The van der Waals surface area contributed by atoms with Crippen LogP contribution in [-0.2, 0) is 11.3 Å². The molecule has 1 aliphatic rings. The molecule has 1 fully saturated rings. The molecular formula is C20H23N3O3. The number of nitrogens with one attached hydrogen (secondary N) is 1.